The van der Waals surface area contributed by atoms with E-state index in [2.05, 4.69) is 41.8 Å². The van der Waals surface area contributed by atoms with Gasteiger partial charge in [0.05, 0.1) is 16.5 Å². The molecule has 3 aliphatic carbocycles. The molecule has 4 heteroatoms. The highest BCUT2D eigenvalue weighted by molar-refractivity contribution is 7.21. The number of benzene rings is 1. The summed E-state index contributed by atoms with van der Waals surface area (Å²) in [7, 11) is 0. The summed E-state index contributed by atoms with van der Waals surface area (Å²) < 4.78 is 1.24. The van der Waals surface area contributed by atoms with Gasteiger partial charge >= 0.3 is 0 Å². The first-order valence-electron chi connectivity index (χ1n) is 8.72. The van der Waals surface area contributed by atoms with Gasteiger partial charge in [0, 0.05) is 11.2 Å². The van der Waals surface area contributed by atoms with Crippen LogP contribution in [0, 0.1) is 18.8 Å². The van der Waals surface area contributed by atoms with Gasteiger partial charge in [0.15, 0.2) is 0 Å². The summed E-state index contributed by atoms with van der Waals surface area (Å²) in [6.45, 7) is 3.20. The summed E-state index contributed by atoms with van der Waals surface area (Å²) >= 11 is 1.63. The maximum absolute atomic E-state index is 12.9. The molecule has 2 atom stereocenters. The smallest absolute Gasteiger partial charge is 0.261 e. The van der Waals surface area contributed by atoms with Crippen molar-refractivity contribution in [3.05, 3.63) is 34.7 Å². The Morgan fingerprint density at radius 2 is 2.09 bits per heavy atom. The number of amides is 1. The number of thiophene rings is 1. The lowest BCUT2D eigenvalue weighted by molar-refractivity contribution is 0.0637. The monoisotopic (exact) mass is 326 g/mol. The molecule has 3 nitrogen and oxygen atoms in total. The molecule has 2 heterocycles. The molecule has 1 aromatic carbocycles. The number of fused-ring (bicyclic) bond motifs is 3. The van der Waals surface area contributed by atoms with E-state index in [1.165, 1.54) is 41.3 Å². The van der Waals surface area contributed by atoms with Crippen molar-refractivity contribution < 1.29 is 4.79 Å². The van der Waals surface area contributed by atoms with Gasteiger partial charge < -0.3 is 10.6 Å². The molecule has 1 unspecified atom stereocenters. The van der Waals surface area contributed by atoms with Crippen LogP contribution in [-0.2, 0) is 0 Å². The number of aryl methyl sites for hydroxylation is 1. The summed E-state index contributed by atoms with van der Waals surface area (Å²) in [6, 6.07) is 8.66. The molecule has 4 fully saturated rings. The Hall–Kier alpha value is -1.39. The zero-order valence-electron chi connectivity index (χ0n) is 13.4. The van der Waals surface area contributed by atoms with Crippen molar-refractivity contribution in [3.63, 3.8) is 0 Å². The largest absolute Gasteiger partial charge is 0.346 e. The van der Waals surface area contributed by atoms with Crippen molar-refractivity contribution >= 4 is 27.3 Å². The van der Waals surface area contributed by atoms with Crippen molar-refractivity contribution in [3.8, 4) is 0 Å². The van der Waals surface area contributed by atoms with Gasteiger partial charge in [-0.1, -0.05) is 18.2 Å². The zero-order valence-corrected chi connectivity index (χ0v) is 14.2. The molecule has 1 spiro atoms. The van der Waals surface area contributed by atoms with Crippen LogP contribution in [0.1, 0.15) is 40.9 Å². The summed E-state index contributed by atoms with van der Waals surface area (Å²) in [6.07, 6.45) is 5.24. The van der Waals surface area contributed by atoms with Gasteiger partial charge in [-0.15, -0.1) is 11.3 Å². The highest BCUT2D eigenvalue weighted by Crippen LogP contribution is 2.51. The van der Waals surface area contributed by atoms with Gasteiger partial charge in [-0.2, -0.15) is 0 Å². The van der Waals surface area contributed by atoms with Crippen LogP contribution < -0.4 is 10.6 Å². The second kappa shape index (κ2) is 4.81. The summed E-state index contributed by atoms with van der Waals surface area (Å²) in [4.78, 5) is 13.7. The summed E-state index contributed by atoms with van der Waals surface area (Å²) in [5.41, 5.74) is 1.48. The van der Waals surface area contributed by atoms with Gasteiger partial charge in [0.25, 0.3) is 5.91 Å². The molecule has 1 aromatic heterocycles. The van der Waals surface area contributed by atoms with Gasteiger partial charge in [0.2, 0.25) is 0 Å². The average Bonchev–Trinajstić information content (AvgIpc) is 3.21. The van der Waals surface area contributed by atoms with Crippen molar-refractivity contribution in [2.24, 2.45) is 11.8 Å². The number of carbonyl (C=O) groups is 1. The van der Waals surface area contributed by atoms with Crippen LogP contribution in [0.5, 0.6) is 0 Å². The molecule has 1 aliphatic heterocycles. The SMILES string of the molecule is Cc1cccc2cc(C(=O)NC3C4CCC(CC4)[C@@]34CN4)sc12. The molecular formula is C19H22N2OS. The highest BCUT2D eigenvalue weighted by atomic mass is 32.1. The first-order chi connectivity index (χ1) is 11.2. The molecule has 120 valence electrons. The van der Waals surface area contributed by atoms with Gasteiger partial charge in [-0.25, -0.2) is 0 Å². The zero-order chi connectivity index (χ0) is 15.6. The van der Waals surface area contributed by atoms with E-state index in [0.717, 1.165) is 17.3 Å². The molecule has 2 aromatic rings. The molecule has 3 saturated carbocycles. The first-order valence-corrected chi connectivity index (χ1v) is 9.54. The van der Waals surface area contributed by atoms with Crippen LogP contribution in [0.25, 0.3) is 10.1 Å². The number of hydrogen-bond donors (Lipinski definition) is 2. The molecule has 1 amide bonds. The lowest BCUT2D eigenvalue weighted by atomic mass is 9.61. The number of carbonyl (C=O) groups excluding carboxylic acids is 1. The third-order valence-electron chi connectivity index (χ3n) is 6.36. The molecule has 6 rings (SSSR count). The fourth-order valence-corrected chi connectivity index (χ4v) is 6.06. The fraction of sp³-hybridized carbons (Fsp3) is 0.526. The van der Waals surface area contributed by atoms with Crippen molar-refractivity contribution in [1.29, 1.82) is 0 Å². The van der Waals surface area contributed by atoms with Gasteiger partial charge in [-0.3, -0.25) is 4.79 Å². The normalized spacial score (nSPS) is 34.9. The van der Waals surface area contributed by atoms with Crippen LogP contribution in [-0.4, -0.2) is 24.0 Å². The molecule has 2 bridgehead atoms. The standard InChI is InChI=1S/C19H22N2OS/c1-11-3-2-4-13-9-15(23-16(11)13)18(22)21-17-12-5-7-14(8-6-12)19(17)10-20-19/h2-4,9,12,14,17,20H,5-8,10H2,1H3,(H,21,22)/t12?,14?,17?,19-/m0/s1. The molecule has 2 N–H and O–H groups in total. The lowest BCUT2D eigenvalue weighted by Gasteiger charge is -2.48. The van der Waals surface area contributed by atoms with E-state index in [4.69, 9.17) is 0 Å². The van der Waals surface area contributed by atoms with Gasteiger partial charge in [-0.05, 0) is 61.5 Å². The Morgan fingerprint density at radius 1 is 1.30 bits per heavy atom. The van der Waals surface area contributed by atoms with Crippen LogP contribution >= 0.6 is 11.3 Å². The molecule has 1 saturated heterocycles. The van der Waals surface area contributed by atoms with Crippen LogP contribution in [0.3, 0.4) is 0 Å². The van der Waals surface area contributed by atoms with Crippen LogP contribution in [0.4, 0.5) is 0 Å². The third-order valence-corrected chi connectivity index (χ3v) is 7.65. The minimum Gasteiger partial charge on any atom is -0.346 e. The molecule has 4 aliphatic rings. The number of nitrogens with one attached hydrogen (secondary N) is 2. The van der Waals surface area contributed by atoms with Crippen molar-refractivity contribution in [2.45, 2.75) is 44.2 Å². The molecule has 0 radical (unpaired) electrons. The van der Waals surface area contributed by atoms with E-state index in [9.17, 15) is 4.79 Å². The van der Waals surface area contributed by atoms with Crippen LogP contribution in [0.15, 0.2) is 24.3 Å². The van der Waals surface area contributed by atoms with Gasteiger partial charge in [0.1, 0.15) is 0 Å². The minimum absolute atomic E-state index is 0.122. The van der Waals surface area contributed by atoms with E-state index in [-0.39, 0.29) is 11.4 Å². The Morgan fingerprint density at radius 3 is 2.78 bits per heavy atom. The topological polar surface area (TPSA) is 51.0 Å². The average molecular weight is 326 g/mol. The predicted octanol–water partition coefficient (Wildman–Crippen LogP) is 3.47. The van der Waals surface area contributed by atoms with E-state index < -0.39 is 0 Å². The van der Waals surface area contributed by atoms with Crippen molar-refractivity contribution in [2.75, 3.05) is 6.54 Å². The molecular weight excluding hydrogens is 304 g/mol. The summed E-state index contributed by atoms with van der Waals surface area (Å²) in [5, 5.41) is 8.21. The third kappa shape index (κ3) is 2.01. The predicted molar refractivity (Wildman–Crippen MR) is 94.0 cm³/mol. The van der Waals surface area contributed by atoms with Crippen molar-refractivity contribution in [1.82, 2.24) is 10.6 Å². The summed E-state index contributed by atoms with van der Waals surface area (Å²) in [5.74, 6) is 1.55. The highest BCUT2D eigenvalue weighted by Gasteiger charge is 2.61. The Kier molecular flexibility index (Phi) is 2.92. The van der Waals surface area contributed by atoms with E-state index >= 15 is 0 Å². The quantitative estimate of drug-likeness (QED) is 0.830. The van der Waals surface area contributed by atoms with Crippen LogP contribution in [0.2, 0.25) is 0 Å². The Bertz CT molecular complexity index is 784. The fourth-order valence-electron chi connectivity index (χ4n) is 5.03. The van der Waals surface area contributed by atoms with E-state index in [1.54, 1.807) is 11.3 Å². The molecule has 23 heavy (non-hydrogen) atoms. The number of rotatable bonds is 2. The second-order valence-corrected chi connectivity index (χ2v) is 8.61. The maximum atomic E-state index is 12.9. The number of hydrogen-bond acceptors (Lipinski definition) is 3. The van der Waals surface area contributed by atoms with E-state index in [1.807, 2.05) is 0 Å². The first kappa shape index (κ1) is 14.0. The Balaban J connectivity index is 1.43. The van der Waals surface area contributed by atoms with E-state index in [0.29, 0.717) is 12.0 Å². The maximum Gasteiger partial charge on any atom is 0.261 e. The minimum atomic E-state index is 0.122. The second-order valence-electron chi connectivity index (χ2n) is 7.56. The Labute approximate surface area is 140 Å². The lowest BCUT2D eigenvalue weighted by Crippen LogP contribution is -2.60.